The van der Waals surface area contributed by atoms with E-state index in [1.165, 1.54) is 12.8 Å². The normalized spacial score (nSPS) is 28.0. The third kappa shape index (κ3) is 4.02. The summed E-state index contributed by atoms with van der Waals surface area (Å²) in [4.78, 5) is 0. The van der Waals surface area contributed by atoms with Gasteiger partial charge in [0.2, 0.25) is 0 Å². The van der Waals surface area contributed by atoms with Gasteiger partial charge in [-0.15, -0.1) is 0 Å². The number of aliphatic hydroxyl groups excluding tert-OH is 1. The molecule has 0 bridgehead atoms. The van der Waals surface area contributed by atoms with Crippen molar-refractivity contribution in [1.82, 2.24) is 0 Å². The van der Waals surface area contributed by atoms with Crippen LogP contribution in [-0.4, -0.2) is 17.8 Å². The van der Waals surface area contributed by atoms with Crippen molar-refractivity contribution >= 4 is 0 Å². The molecule has 0 radical (unpaired) electrons. The van der Waals surface area contributed by atoms with Crippen molar-refractivity contribution in [3.63, 3.8) is 0 Å². The summed E-state index contributed by atoms with van der Waals surface area (Å²) >= 11 is 0. The second-order valence-corrected chi connectivity index (χ2v) is 5.55. The van der Waals surface area contributed by atoms with Gasteiger partial charge in [-0.05, 0) is 56.1 Å². The van der Waals surface area contributed by atoms with E-state index in [1.807, 2.05) is 30.3 Å². The van der Waals surface area contributed by atoms with Crippen molar-refractivity contribution < 1.29 is 9.84 Å². The van der Waals surface area contributed by atoms with E-state index in [0.29, 0.717) is 5.92 Å². The minimum atomic E-state index is -0.0853. The Kier molecular flexibility index (Phi) is 5.06. The molecule has 2 heteroatoms. The molecule has 3 atom stereocenters. The van der Waals surface area contributed by atoms with E-state index in [1.54, 1.807) is 0 Å². The molecule has 2 rings (SSSR count). The van der Waals surface area contributed by atoms with Crippen LogP contribution in [0.3, 0.4) is 0 Å². The fraction of sp³-hybridized carbons (Fsp3) is 0.625. The van der Waals surface area contributed by atoms with Gasteiger partial charge in [-0.3, -0.25) is 0 Å². The minimum absolute atomic E-state index is 0.0853. The van der Waals surface area contributed by atoms with Gasteiger partial charge in [0, 0.05) is 0 Å². The van der Waals surface area contributed by atoms with Gasteiger partial charge in [0.1, 0.15) is 5.75 Å². The topological polar surface area (TPSA) is 29.5 Å². The first-order chi connectivity index (χ1) is 8.75. The molecule has 1 fully saturated rings. The molecule has 1 aromatic carbocycles. The Morgan fingerprint density at radius 3 is 2.78 bits per heavy atom. The lowest BCUT2D eigenvalue weighted by Gasteiger charge is -2.31. The van der Waals surface area contributed by atoms with Crippen LogP contribution in [0.1, 0.15) is 39.0 Å². The Morgan fingerprint density at radius 1 is 1.22 bits per heavy atom. The number of benzene rings is 1. The third-order valence-electron chi connectivity index (χ3n) is 3.94. The molecule has 0 saturated heterocycles. The molecule has 0 aromatic heterocycles. The number of hydrogen-bond donors (Lipinski definition) is 1. The van der Waals surface area contributed by atoms with Crippen LogP contribution in [0.2, 0.25) is 0 Å². The Hall–Kier alpha value is -1.02. The Balaban J connectivity index is 1.66. The fourth-order valence-electron chi connectivity index (χ4n) is 2.85. The van der Waals surface area contributed by atoms with E-state index in [4.69, 9.17) is 4.74 Å². The van der Waals surface area contributed by atoms with Crippen LogP contribution in [0.25, 0.3) is 0 Å². The minimum Gasteiger partial charge on any atom is -0.494 e. The molecule has 1 aromatic rings. The highest BCUT2D eigenvalue weighted by atomic mass is 16.5. The van der Waals surface area contributed by atoms with Crippen molar-refractivity contribution in [2.24, 2.45) is 11.8 Å². The molecule has 18 heavy (non-hydrogen) atoms. The molecular formula is C16H24O2. The van der Waals surface area contributed by atoms with Gasteiger partial charge in [-0.2, -0.15) is 0 Å². The average Bonchev–Trinajstić information content (AvgIpc) is 2.40. The van der Waals surface area contributed by atoms with Crippen molar-refractivity contribution in [2.45, 2.75) is 45.1 Å². The lowest BCUT2D eigenvalue weighted by Crippen LogP contribution is -2.28. The van der Waals surface area contributed by atoms with Crippen LogP contribution in [0.4, 0.5) is 0 Å². The lowest BCUT2D eigenvalue weighted by molar-refractivity contribution is 0.0445. The maximum absolute atomic E-state index is 9.96. The van der Waals surface area contributed by atoms with Crippen LogP contribution >= 0.6 is 0 Å². The Labute approximate surface area is 110 Å². The molecule has 1 aliphatic rings. The zero-order chi connectivity index (χ0) is 12.8. The summed E-state index contributed by atoms with van der Waals surface area (Å²) in [7, 11) is 0. The van der Waals surface area contributed by atoms with E-state index in [0.717, 1.165) is 37.5 Å². The summed E-state index contributed by atoms with van der Waals surface area (Å²) < 4.78 is 5.68. The van der Waals surface area contributed by atoms with Crippen LogP contribution in [0, 0.1) is 11.8 Å². The van der Waals surface area contributed by atoms with E-state index in [9.17, 15) is 5.11 Å². The van der Waals surface area contributed by atoms with E-state index in [-0.39, 0.29) is 6.10 Å². The monoisotopic (exact) mass is 248 g/mol. The molecular weight excluding hydrogens is 224 g/mol. The standard InChI is InChI=1S/C16H24O2/c1-13-9-10-16(17)14(12-13)6-5-11-18-15-7-3-2-4-8-15/h2-4,7-8,13-14,16-17H,5-6,9-12H2,1H3. The van der Waals surface area contributed by atoms with E-state index in [2.05, 4.69) is 6.92 Å². The number of rotatable bonds is 5. The number of ether oxygens (including phenoxy) is 1. The number of aliphatic hydroxyl groups is 1. The highest BCUT2D eigenvalue weighted by molar-refractivity contribution is 5.20. The van der Waals surface area contributed by atoms with Crippen molar-refractivity contribution in [2.75, 3.05) is 6.61 Å². The largest absolute Gasteiger partial charge is 0.494 e. The molecule has 100 valence electrons. The molecule has 2 nitrogen and oxygen atoms in total. The summed E-state index contributed by atoms with van der Waals surface area (Å²) in [5.41, 5.74) is 0. The quantitative estimate of drug-likeness (QED) is 0.806. The predicted molar refractivity (Wildman–Crippen MR) is 73.7 cm³/mol. The molecule has 0 aliphatic heterocycles. The summed E-state index contributed by atoms with van der Waals surface area (Å²) in [6.45, 7) is 3.04. The zero-order valence-electron chi connectivity index (χ0n) is 11.2. The average molecular weight is 248 g/mol. The van der Waals surface area contributed by atoms with Crippen molar-refractivity contribution in [1.29, 1.82) is 0 Å². The summed E-state index contributed by atoms with van der Waals surface area (Å²) in [6, 6.07) is 9.94. The second-order valence-electron chi connectivity index (χ2n) is 5.55. The van der Waals surface area contributed by atoms with Crippen LogP contribution in [0.15, 0.2) is 30.3 Å². The third-order valence-corrected chi connectivity index (χ3v) is 3.94. The maximum atomic E-state index is 9.96. The zero-order valence-corrected chi connectivity index (χ0v) is 11.2. The molecule has 1 saturated carbocycles. The van der Waals surface area contributed by atoms with Crippen molar-refractivity contribution in [3.05, 3.63) is 30.3 Å². The second kappa shape index (κ2) is 6.79. The van der Waals surface area contributed by atoms with Gasteiger partial charge in [0.25, 0.3) is 0 Å². The number of para-hydroxylation sites is 1. The van der Waals surface area contributed by atoms with Gasteiger partial charge < -0.3 is 9.84 Å². The SMILES string of the molecule is CC1CCC(O)C(CCCOc2ccccc2)C1. The van der Waals surface area contributed by atoms with Crippen molar-refractivity contribution in [3.8, 4) is 5.75 Å². The Bertz CT molecular complexity index is 336. The summed E-state index contributed by atoms with van der Waals surface area (Å²) in [5, 5.41) is 9.96. The van der Waals surface area contributed by atoms with Gasteiger partial charge >= 0.3 is 0 Å². The summed E-state index contributed by atoms with van der Waals surface area (Å²) in [6.07, 6.45) is 5.36. The maximum Gasteiger partial charge on any atom is 0.119 e. The Morgan fingerprint density at radius 2 is 2.00 bits per heavy atom. The predicted octanol–water partition coefficient (Wildman–Crippen LogP) is 3.64. The fourth-order valence-corrected chi connectivity index (χ4v) is 2.85. The highest BCUT2D eigenvalue weighted by Gasteiger charge is 2.26. The number of hydrogen-bond acceptors (Lipinski definition) is 2. The van der Waals surface area contributed by atoms with Crippen LogP contribution < -0.4 is 4.74 Å². The summed E-state index contributed by atoms with van der Waals surface area (Å²) in [5.74, 6) is 2.19. The van der Waals surface area contributed by atoms with Gasteiger partial charge in [-0.1, -0.05) is 25.1 Å². The first-order valence-electron chi connectivity index (χ1n) is 7.11. The molecule has 3 unspecified atom stereocenters. The lowest BCUT2D eigenvalue weighted by atomic mass is 9.78. The molecule has 0 spiro atoms. The van der Waals surface area contributed by atoms with Gasteiger partial charge in [0.05, 0.1) is 12.7 Å². The molecule has 0 heterocycles. The van der Waals surface area contributed by atoms with Crippen LogP contribution in [0.5, 0.6) is 5.75 Å². The van der Waals surface area contributed by atoms with E-state index >= 15 is 0 Å². The van der Waals surface area contributed by atoms with Gasteiger partial charge in [-0.25, -0.2) is 0 Å². The van der Waals surface area contributed by atoms with E-state index < -0.39 is 0 Å². The molecule has 1 N–H and O–H groups in total. The molecule has 1 aliphatic carbocycles. The first kappa shape index (κ1) is 13.4. The smallest absolute Gasteiger partial charge is 0.119 e. The molecule has 0 amide bonds. The van der Waals surface area contributed by atoms with Gasteiger partial charge in [0.15, 0.2) is 0 Å². The first-order valence-corrected chi connectivity index (χ1v) is 7.11. The highest BCUT2D eigenvalue weighted by Crippen LogP contribution is 2.31. The van der Waals surface area contributed by atoms with Crippen LogP contribution in [-0.2, 0) is 0 Å².